The van der Waals surface area contributed by atoms with E-state index in [1.165, 1.54) is 12.8 Å². The van der Waals surface area contributed by atoms with E-state index in [1.807, 2.05) is 0 Å². The van der Waals surface area contributed by atoms with Gasteiger partial charge in [-0.25, -0.2) is 0 Å². The summed E-state index contributed by atoms with van der Waals surface area (Å²) in [5.74, 6) is 3.17. The number of aliphatic hydroxyl groups is 1. The van der Waals surface area contributed by atoms with Crippen molar-refractivity contribution < 1.29 is 5.11 Å². The number of aliphatic hydroxyl groups excluding tert-OH is 1. The van der Waals surface area contributed by atoms with Gasteiger partial charge in [0.2, 0.25) is 0 Å². The summed E-state index contributed by atoms with van der Waals surface area (Å²) >= 11 is 0. The van der Waals surface area contributed by atoms with Crippen LogP contribution < -0.4 is 0 Å². The summed E-state index contributed by atoms with van der Waals surface area (Å²) in [4.78, 5) is 0. The summed E-state index contributed by atoms with van der Waals surface area (Å²) in [5, 5.41) is 10.4. The molecule has 0 aromatic carbocycles. The van der Waals surface area contributed by atoms with Crippen molar-refractivity contribution in [3.63, 3.8) is 0 Å². The van der Waals surface area contributed by atoms with Crippen molar-refractivity contribution in [3.8, 4) is 0 Å². The van der Waals surface area contributed by atoms with Crippen molar-refractivity contribution in [2.45, 2.75) is 53.1 Å². The molecule has 2 aliphatic rings. The summed E-state index contributed by atoms with van der Waals surface area (Å²) in [5.41, 5.74) is 1.57. The molecule has 1 heteroatoms. The lowest BCUT2D eigenvalue weighted by Gasteiger charge is -2.46. The Bertz CT molecular complexity index is 281. The Kier molecular flexibility index (Phi) is 3.44. The highest BCUT2D eigenvalue weighted by Crippen LogP contribution is 2.48. The van der Waals surface area contributed by atoms with Crippen molar-refractivity contribution in [1.82, 2.24) is 0 Å². The molecule has 0 aromatic heterocycles. The fraction of sp³-hybridized carbons (Fsp3) is 0.867. The number of allylic oxidation sites excluding steroid dienone is 1. The molecule has 92 valence electrons. The fourth-order valence-electron chi connectivity index (χ4n) is 4.16. The molecule has 1 fully saturated rings. The molecule has 0 aromatic rings. The first-order valence-corrected chi connectivity index (χ1v) is 6.94. The molecule has 1 nitrogen and oxygen atoms in total. The van der Waals surface area contributed by atoms with Gasteiger partial charge in [-0.05, 0) is 36.5 Å². The Morgan fingerprint density at radius 3 is 2.56 bits per heavy atom. The molecule has 1 N–H and O–H groups in total. The smallest absolute Gasteiger partial charge is 0.0613 e. The monoisotopic (exact) mass is 222 g/mol. The Balaban J connectivity index is 2.32. The maximum Gasteiger partial charge on any atom is 0.0613 e. The first-order chi connectivity index (χ1) is 7.54. The van der Waals surface area contributed by atoms with Gasteiger partial charge in [-0.2, -0.15) is 0 Å². The largest absolute Gasteiger partial charge is 0.392 e. The van der Waals surface area contributed by atoms with Crippen LogP contribution in [0.5, 0.6) is 0 Å². The minimum absolute atomic E-state index is 0.0925. The molecule has 16 heavy (non-hydrogen) atoms. The molecule has 6 atom stereocenters. The molecular formula is C15H26O. The maximum atomic E-state index is 10.4. The van der Waals surface area contributed by atoms with Gasteiger partial charge in [0, 0.05) is 5.92 Å². The van der Waals surface area contributed by atoms with Crippen molar-refractivity contribution in [2.24, 2.45) is 29.6 Å². The van der Waals surface area contributed by atoms with Crippen LogP contribution in [0, 0.1) is 29.6 Å². The fourth-order valence-corrected chi connectivity index (χ4v) is 4.16. The standard InChI is InChI=1S/C15H26O/c1-5-12-10(3)8-11(4)13-6-9(2)7-14(16)15(12)13/h6,9-12,14-16H,5,7-8H2,1-4H3/t9-,10-,11?,12-,14-,15?/m0/s1. The van der Waals surface area contributed by atoms with Crippen molar-refractivity contribution >= 4 is 0 Å². The molecule has 2 aliphatic carbocycles. The van der Waals surface area contributed by atoms with Gasteiger partial charge in [-0.15, -0.1) is 0 Å². The molecule has 1 saturated carbocycles. The normalized spacial score (nSPS) is 48.4. The lowest BCUT2D eigenvalue weighted by molar-refractivity contribution is 0.0239. The molecule has 2 rings (SSSR count). The van der Waals surface area contributed by atoms with Gasteiger partial charge in [-0.1, -0.05) is 45.8 Å². The predicted octanol–water partition coefficient (Wildman–Crippen LogP) is 3.63. The summed E-state index contributed by atoms with van der Waals surface area (Å²) in [6.45, 7) is 9.22. The van der Waals surface area contributed by atoms with Crippen LogP contribution in [0.3, 0.4) is 0 Å². The van der Waals surface area contributed by atoms with Gasteiger partial charge in [0.15, 0.2) is 0 Å². The van der Waals surface area contributed by atoms with E-state index in [-0.39, 0.29) is 6.10 Å². The second kappa shape index (κ2) is 4.52. The van der Waals surface area contributed by atoms with Gasteiger partial charge in [-0.3, -0.25) is 0 Å². The molecule has 2 unspecified atom stereocenters. The van der Waals surface area contributed by atoms with Crippen LogP contribution in [0.2, 0.25) is 0 Å². The zero-order valence-corrected chi connectivity index (χ0v) is 11.1. The summed E-state index contributed by atoms with van der Waals surface area (Å²) in [6, 6.07) is 0. The zero-order chi connectivity index (χ0) is 11.9. The van der Waals surface area contributed by atoms with Crippen molar-refractivity contribution in [1.29, 1.82) is 0 Å². The van der Waals surface area contributed by atoms with Crippen molar-refractivity contribution in [3.05, 3.63) is 11.6 Å². The quantitative estimate of drug-likeness (QED) is 0.672. The van der Waals surface area contributed by atoms with E-state index in [1.54, 1.807) is 5.57 Å². The molecule has 0 radical (unpaired) electrons. The van der Waals surface area contributed by atoms with E-state index < -0.39 is 0 Å². The van der Waals surface area contributed by atoms with Gasteiger partial charge in [0.25, 0.3) is 0 Å². The van der Waals surface area contributed by atoms with E-state index >= 15 is 0 Å². The van der Waals surface area contributed by atoms with Crippen LogP contribution >= 0.6 is 0 Å². The van der Waals surface area contributed by atoms with Crippen LogP contribution in [-0.2, 0) is 0 Å². The average molecular weight is 222 g/mol. The third-order valence-electron chi connectivity index (χ3n) is 4.85. The molecule has 0 heterocycles. The number of rotatable bonds is 1. The highest BCUT2D eigenvalue weighted by Gasteiger charge is 2.42. The minimum Gasteiger partial charge on any atom is -0.392 e. The van der Waals surface area contributed by atoms with E-state index in [4.69, 9.17) is 0 Å². The first kappa shape index (κ1) is 12.2. The summed E-state index contributed by atoms with van der Waals surface area (Å²) in [6.07, 6.45) is 5.84. The molecule has 0 saturated heterocycles. The average Bonchev–Trinajstić information content (AvgIpc) is 2.20. The van der Waals surface area contributed by atoms with Crippen LogP contribution in [0.15, 0.2) is 11.6 Å². The molecule has 0 amide bonds. The Morgan fingerprint density at radius 2 is 1.94 bits per heavy atom. The number of fused-ring (bicyclic) bond motifs is 1. The highest BCUT2D eigenvalue weighted by molar-refractivity contribution is 5.21. The second-order valence-electron chi connectivity index (χ2n) is 6.16. The summed E-state index contributed by atoms with van der Waals surface area (Å²) < 4.78 is 0. The van der Waals surface area contributed by atoms with Gasteiger partial charge in [0.05, 0.1) is 6.10 Å². The van der Waals surface area contributed by atoms with Crippen LogP contribution in [0.4, 0.5) is 0 Å². The van der Waals surface area contributed by atoms with Gasteiger partial charge >= 0.3 is 0 Å². The van der Waals surface area contributed by atoms with Gasteiger partial charge < -0.3 is 5.11 Å². The number of hydrogen-bond donors (Lipinski definition) is 1. The lowest BCUT2D eigenvalue weighted by Crippen LogP contribution is -2.42. The van der Waals surface area contributed by atoms with E-state index in [2.05, 4.69) is 33.8 Å². The molecule has 0 bridgehead atoms. The minimum atomic E-state index is -0.0925. The lowest BCUT2D eigenvalue weighted by atomic mass is 9.60. The summed E-state index contributed by atoms with van der Waals surface area (Å²) in [7, 11) is 0. The molecule has 0 aliphatic heterocycles. The van der Waals surface area contributed by atoms with Crippen molar-refractivity contribution in [2.75, 3.05) is 0 Å². The maximum absolute atomic E-state index is 10.4. The molecular weight excluding hydrogens is 196 g/mol. The van der Waals surface area contributed by atoms with E-state index in [0.29, 0.717) is 23.7 Å². The predicted molar refractivity (Wildman–Crippen MR) is 68.1 cm³/mol. The topological polar surface area (TPSA) is 20.2 Å². The van der Waals surface area contributed by atoms with Crippen LogP contribution in [-0.4, -0.2) is 11.2 Å². The number of hydrogen-bond acceptors (Lipinski definition) is 1. The van der Waals surface area contributed by atoms with Crippen LogP contribution in [0.25, 0.3) is 0 Å². The zero-order valence-electron chi connectivity index (χ0n) is 11.1. The van der Waals surface area contributed by atoms with E-state index in [9.17, 15) is 5.11 Å². The first-order valence-electron chi connectivity index (χ1n) is 6.94. The third-order valence-corrected chi connectivity index (χ3v) is 4.85. The Labute approximate surface area is 99.9 Å². The SMILES string of the molecule is CC[C@@H]1C2C(=C[C@H](C)C[C@@H]2O)C(C)C[C@@H]1C. The third kappa shape index (κ3) is 1.95. The molecule has 0 spiro atoms. The van der Waals surface area contributed by atoms with Gasteiger partial charge in [0.1, 0.15) is 0 Å². The Morgan fingerprint density at radius 1 is 1.25 bits per heavy atom. The Hall–Kier alpha value is -0.300. The van der Waals surface area contributed by atoms with E-state index in [0.717, 1.165) is 12.3 Å². The second-order valence-corrected chi connectivity index (χ2v) is 6.16. The van der Waals surface area contributed by atoms with Crippen LogP contribution in [0.1, 0.15) is 47.0 Å². The highest BCUT2D eigenvalue weighted by atomic mass is 16.3.